The van der Waals surface area contributed by atoms with Gasteiger partial charge in [0.2, 0.25) is 5.91 Å². The van der Waals surface area contributed by atoms with Crippen LogP contribution in [0, 0.1) is 0 Å². The van der Waals surface area contributed by atoms with Gasteiger partial charge in [0, 0.05) is 23.1 Å². The summed E-state index contributed by atoms with van der Waals surface area (Å²) in [4.78, 5) is 26.5. The zero-order valence-electron chi connectivity index (χ0n) is 15.2. The van der Waals surface area contributed by atoms with Crippen molar-refractivity contribution in [3.05, 3.63) is 64.1 Å². The fourth-order valence-electron chi connectivity index (χ4n) is 2.48. The molecule has 0 spiro atoms. The van der Waals surface area contributed by atoms with E-state index in [9.17, 15) is 9.59 Å². The van der Waals surface area contributed by atoms with Crippen LogP contribution >= 0.6 is 23.2 Å². The Kier molecular flexibility index (Phi) is 7.95. The van der Waals surface area contributed by atoms with Gasteiger partial charge in [0.15, 0.2) is 6.61 Å². The summed E-state index contributed by atoms with van der Waals surface area (Å²) in [7, 11) is 0. The minimum absolute atomic E-state index is 0.197. The van der Waals surface area contributed by atoms with Crippen molar-refractivity contribution >= 4 is 35.0 Å². The summed E-state index contributed by atoms with van der Waals surface area (Å²) in [6.07, 6.45) is 0. The third kappa shape index (κ3) is 6.45. The van der Waals surface area contributed by atoms with Crippen LogP contribution in [-0.4, -0.2) is 35.9 Å². The molecule has 0 aromatic heterocycles. The zero-order chi connectivity index (χ0) is 19.8. The Morgan fingerprint density at radius 1 is 1.11 bits per heavy atom. The van der Waals surface area contributed by atoms with Crippen molar-refractivity contribution in [2.75, 3.05) is 13.2 Å². The molecule has 0 bridgehead atoms. The third-order valence-corrected chi connectivity index (χ3v) is 4.43. The molecule has 0 aliphatic rings. The second kappa shape index (κ2) is 10.2. The van der Waals surface area contributed by atoms with Gasteiger partial charge in [0.1, 0.15) is 11.8 Å². The predicted octanol–water partition coefficient (Wildman–Crippen LogP) is 3.93. The van der Waals surface area contributed by atoms with E-state index >= 15 is 0 Å². The fraction of sp³-hybridized carbons (Fsp3) is 0.300. The van der Waals surface area contributed by atoms with Crippen LogP contribution in [0.15, 0.2) is 48.5 Å². The van der Waals surface area contributed by atoms with Crippen LogP contribution in [0.1, 0.15) is 19.4 Å². The lowest BCUT2D eigenvalue weighted by atomic mass is 10.1. The summed E-state index contributed by atoms with van der Waals surface area (Å²) in [5.74, 6) is -0.0285. The first-order valence-corrected chi connectivity index (χ1v) is 9.36. The fourth-order valence-corrected chi connectivity index (χ4v) is 2.78. The Morgan fingerprint density at radius 2 is 1.81 bits per heavy atom. The van der Waals surface area contributed by atoms with Gasteiger partial charge in [0.25, 0.3) is 5.91 Å². The van der Waals surface area contributed by atoms with Crippen molar-refractivity contribution in [1.82, 2.24) is 10.2 Å². The number of hydrogen-bond acceptors (Lipinski definition) is 3. The lowest BCUT2D eigenvalue weighted by molar-refractivity contribution is -0.142. The van der Waals surface area contributed by atoms with Crippen molar-refractivity contribution in [2.24, 2.45) is 0 Å². The minimum Gasteiger partial charge on any atom is -0.484 e. The van der Waals surface area contributed by atoms with Crippen LogP contribution in [-0.2, 0) is 16.1 Å². The van der Waals surface area contributed by atoms with Gasteiger partial charge >= 0.3 is 0 Å². The largest absolute Gasteiger partial charge is 0.484 e. The molecule has 0 saturated carbocycles. The monoisotopic (exact) mass is 408 g/mol. The van der Waals surface area contributed by atoms with Crippen LogP contribution in [0.25, 0.3) is 0 Å². The average Bonchev–Trinajstić information content (AvgIpc) is 2.65. The van der Waals surface area contributed by atoms with Crippen LogP contribution in [0.2, 0.25) is 10.0 Å². The van der Waals surface area contributed by atoms with Crippen LogP contribution in [0.4, 0.5) is 0 Å². The number of ether oxygens (including phenoxy) is 1. The number of hydrogen-bond donors (Lipinski definition) is 1. The molecule has 1 atom stereocenters. The highest BCUT2D eigenvalue weighted by Gasteiger charge is 2.26. The molecular weight excluding hydrogens is 387 g/mol. The van der Waals surface area contributed by atoms with E-state index in [0.29, 0.717) is 22.3 Å². The first kappa shape index (κ1) is 21.1. The van der Waals surface area contributed by atoms with Gasteiger partial charge in [-0.1, -0.05) is 41.4 Å². The number of nitrogens with one attached hydrogen (secondary N) is 1. The van der Waals surface area contributed by atoms with Gasteiger partial charge in [-0.3, -0.25) is 9.59 Å². The normalized spacial score (nSPS) is 11.6. The van der Waals surface area contributed by atoms with Gasteiger partial charge in [-0.25, -0.2) is 0 Å². The number of rotatable bonds is 8. The molecule has 2 aromatic carbocycles. The molecule has 0 heterocycles. The Bertz CT molecular complexity index is 781. The third-order valence-electron chi connectivity index (χ3n) is 3.94. The molecule has 2 amide bonds. The number of likely N-dealkylation sites (N-methyl/N-ethyl adjacent to an activating group) is 1. The van der Waals surface area contributed by atoms with E-state index in [1.165, 1.54) is 4.90 Å². The van der Waals surface area contributed by atoms with Gasteiger partial charge in [-0.2, -0.15) is 0 Å². The molecule has 0 aliphatic heterocycles. The highest BCUT2D eigenvalue weighted by Crippen LogP contribution is 2.18. The topological polar surface area (TPSA) is 58.6 Å². The maximum atomic E-state index is 12.8. The van der Waals surface area contributed by atoms with E-state index in [-0.39, 0.29) is 25.0 Å². The van der Waals surface area contributed by atoms with Crippen LogP contribution < -0.4 is 10.1 Å². The molecule has 2 aromatic rings. The van der Waals surface area contributed by atoms with Crippen molar-refractivity contribution in [1.29, 1.82) is 0 Å². The number of halogens is 2. The van der Waals surface area contributed by atoms with Crippen molar-refractivity contribution < 1.29 is 14.3 Å². The molecule has 144 valence electrons. The zero-order valence-corrected chi connectivity index (χ0v) is 16.8. The van der Waals surface area contributed by atoms with Gasteiger partial charge in [0.05, 0.1) is 0 Å². The molecule has 1 unspecified atom stereocenters. The molecule has 0 saturated heterocycles. The molecule has 27 heavy (non-hydrogen) atoms. The summed E-state index contributed by atoms with van der Waals surface area (Å²) in [6.45, 7) is 4.09. The second-order valence-electron chi connectivity index (χ2n) is 5.96. The highest BCUT2D eigenvalue weighted by atomic mass is 35.5. The SMILES string of the molecule is CCNC(=O)C(C)N(Cc1ccc(Cl)cc1)C(=O)COc1cccc(Cl)c1. The predicted molar refractivity (Wildman–Crippen MR) is 107 cm³/mol. The van der Waals surface area contributed by atoms with E-state index in [4.69, 9.17) is 27.9 Å². The average molecular weight is 409 g/mol. The van der Waals surface area contributed by atoms with Crippen molar-refractivity contribution in [3.63, 3.8) is 0 Å². The molecule has 2 rings (SSSR count). The van der Waals surface area contributed by atoms with E-state index < -0.39 is 6.04 Å². The molecule has 0 fully saturated rings. The molecule has 1 N–H and O–H groups in total. The number of carbonyl (C=O) groups excluding carboxylic acids is 2. The highest BCUT2D eigenvalue weighted by molar-refractivity contribution is 6.30. The van der Waals surface area contributed by atoms with E-state index in [1.54, 1.807) is 43.3 Å². The number of benzene rings is 2. The lowest BCUT2D eigenvalue weighted by Gasteiger charge is -2.28. The van der Waals surface area contributed by atoms with E-state index in [1.807, 2.05) is 19.1 Å². The summed E-state index contributed by atoms with van der Waals surface area (Å²) in [5, 5.41) is 3.88. The standard InChI is InChI=1S/C20H22Cl2N2O3/c1-3-23-20(26)14(2)24(12-15-7-9-16(21)10-8-15)19(25)13-27-18-6-4-5-17(22)11-18/h4-11,14H,3,12-13H2,1-2H3,(H,23,26). The maximum absolute atomic E-state index is 12.8. The Balaban J connectivity index is 2.12. The van der Waals surface area contributed by atoms with E-state index in [2.05, 4.69) is 5.32 Å². The number of carbonyl (C=O) groups is 2. The lowest BCUT2D eigenvalue weighted by Crippen LogP contribution is -2.49. The smallest absolute Gasteiger partial charge is 0.261 e. The molecule has 0 radical (unpaired) electrons. The van der Waals surface area contributed by atoms with Crippen molar-refractivity contribution in [2.45, 2.75) is 26.4 Å². The summed E-state index contributed by atoms with van der Waals surface area (Å²) in [6, 6.07) is 13.3. The number of nitrogens with zero attached hydrogens (tertiary/aromatic N) is 1. The molecule has 7 heteroatoms. The van der Waals surface area contributed by atoms with Crippen LogP contribution in [0.3, 0.4) is 0 Å². The molecular formula is C20H22Cl2N2O3. The summed E-state index contributed by atoms with van der Waals surface area (Å²) >= 11 is 11.9. The van der Waals surface area contributed by atoms with Crippen molar-refractivity contribution in [3.8, 4) is 5.75 Å². The first-order valence-electron chi connectivity index (χ1n) is 8.60. The van der Waals surface area contributed by atoms with E-state index in [0.717, 1.165) is 5.56 Å². The Labute approximate surface area is 169 Å². The van der Waals surface area contributed by atoms with Gasteiger partial charge < -0.3 is 15.0 Å². The summed E-state index contributed by atoms with van der Waals surface area (Å²) < 4.78 is 5.55. The number of amides is 2. The minimum atomic E-state index is -0.643. The quantitative estimate of drug-likeness (QED) is 0.719. The molecule has 5 nitrogen and oxygen atoms in total. The Morgan fingerprint density at radius 3 is 2.44 bits per heavy atom. The second-order valence-corrected chi connectivity index (χ2v) is 6.84. The maximum Gasteiger partial charge on any atom is 0.261 e. The Hall–Kier alpha value is -2.24. The summed E-state index contributed by atoms with van der Waals surface area (Å²) in [5.41, 5.74) is 0.867. The van der Waals surface area contributed by atoms with Crippen LogP contribution in [0.5, 0.6) is 5.75 Å². The van der Waals surface area contributed by atoms with Gasteiger partial charge in [-0.05, 0) is 49.7 Å². The van der Waals surface area contributed by atoms with Gasteiger partial charge in [-0.15, -0.1) is 0 Å². The molecule has 0 aliphatic carbocycles. The first-order chi connectivity index (χ1) is 12.9.